The lowest BCUT2D eigenvalue weighted by molar-refractivity contribution is 0.355. The highest BCUT2D eigenvalue weighted by atomic mass is 16.5. The fourth-order valence-electron chi connectivity index (χ4n) is 2.39. The molecule has 134 valence electrons. The van der Waals surface area contributed by atoms with Gasteiger partial charge >= 0.3 is 0 Å². The van der Waals surface area contributed by atoms with Gasteiger partial charge in [-0.3, -0.25) is 4.99 Å². The maximum Gasteiger partial charge on any atom is 0.195 e. The number of methoxy groups -OCH3 is 2. The Hall–Kier alpha value is -2.89. The molecule has 0 atom stereocenters. The maximum atomic E-state index is 9.29. The number of benzene rings is 2. The van der Waals surface area contributed by atoms with E-state index in [0.29, 0.717) is 23.2 Å². The number of aliphatic imine (C=N–C) groups is 1. The van der Waals surface area contributed by atoms with Crippen LogP contribution in [0.5, 0.6) is 17.2 Å². The standard InChI is InChI=1S/C19H25N3O3/c1-20-19(21-12-4-5-14-6-9-16(23)10-7-14)22-15-8-11-17(24-2)18(13-15)25-3/h6-11,13,23H,4-5,12H2,1-3H3,(H2,20,21,22). The zero-order valence-electron chi connectivity index (χ0n) is 14.9. The van der Waals surface area contributed by atoms with E-state index in [-0.39, 0.29) is 0 Å². The third kappa shape index (κ3) is 5.60. The number of nitrogens with one attached hydrogen (secondary N) is 2. The van der Waals surface area contributed by atoms with Gasteiger partial charge in [-0.2, -0.15) is 0 Å². The minimum absolute atomic E-state index is 0.293. The summed E-state index contributed by atoms with van der Waals surface area (Å²) in [5, 5.41) is 15.8. The number of aromatic hydroxyl groups is 1. The summed E-state index contributed by atoms with van der Waals surface area (Å²) >= 11 is 0. The summed E-state index contributed by atoms with van der Waals surface area (Å²) < 4.78 is 10.5. The molecule has 0 heterocycles. The molecule has 2 rings (SSSR count). The molecule has 0 aliphatic carbocycles. The lowest BCUT2D eigenvalue weighted by Crippen LogP contribution is -2.31. The van der Waals surface area contributed by atoms with E-state index in [9.17, 15) is 5.11 Å². The molecule has 0 saturated carbocycles. The summed E-state index contributed by atoms with van der Waals surface area (Å²) in [6, 6.07) is 12.9. The van der Waals surface area contributed by atoms with E-state index in [1.165, 1.54) is 5.56 Å². The van der Waals surface area contributed by atoms with E-state index in [0.717, 1.165) is 25.1 Å². The average molecular weight is 343 g/mol. The van der Waals surface area contributed by atoms with Crippen LogP contribution in [0.25, 0.3) is 0 Å². The Bertz CT molecular complexity index is 700. The van der Waals surface area contributed by atoms with Crippen molar-refractivity contribution in [1.29, 1.82) is 0 Å². The molecular formula is C19H25N3O3. The first kappa shape index (κ1) is 18.4. The second-order valence-electron chi connectivity index (χ2n) is 5.46. The maximum absolute atomic E-state index is 9.29. The number of phenols is 1. The van der Waals surface area contributed by atoms with Crippen LogP contribution in [0.1, 0.15) is 12.0 Å². The summed E-state index contributed by atoms with van der Waals surface area (Å²) in [5.74, 6) is 2.33. The lowest BCUT2D eigenvalue weighted by Gasteiger charge is -2.14. The molecule has 0 saturated heterocycles. The summed E-state index contributed by atoms with van der Waals surface area (Å²) in [7, 11) is 4.95. The molecule has 2 aromatic rings. The summed E-state index contributed by atoms with van der Waals surface area (Å²) in [5.41, 5.74) is 2.06. The molecule has 6 heteroatoms. The van der Waals surface area contributed by atoms with Crippen LogP contribution >= 0.6 is 0 Å². The van der Waals surface area contributed by atoms with Crippen molar-refractivity contribution < 1.29 is 14.6 Å². The molecule has 3 N–H and O–H groups in total. The van der Waals surface area contributed by atoms with Gasteiger partial charge in [0.05, 0.1) is 14.2 Å². The van der Waals surface area contributed by atoms with Crippen LogP contribution in [0.4, 0.5) is 5.69 Å². The van der Waals surface area contributed by atoms with Crippen LogP contribution in [-0.2, 0) is 6.42 Å². The molecule has 0 unspecified atom stereocenters. The van der Waals surface area contributed by atoms with Gasteiger partial charge in [0, 0.05) is 25.3 Å². The molecule has 0 aliphatic rings. The average Bonchev–Trinajstić information content (AvgIpc) is 2.65. The number of ether oxygens (including phenoxy) is 2. The van der Waals surface area contributed by atoms with Gasteiger partial charge in [0.2, 0.25) is 0 Å². The number of guanidine groups is 1. The lowest BCUT2D eigenvalue weighted by atomic mass is 10.1. The predicted molar refractivity (Wildman–Crippen MR) is 101 cm³/mol. The van der Waals surface area contributed by atoms with Crippen LogP contribution in [0.2, 0.25) is 0 Å². The monoisotopic (exact) mass is 343 g/mol. The third-order valence-corrected chi connectivity index (χ3v) is 3.74. The van der Waals surface area contributed by atoms with Gasteiger partial charge in [0.25, 0.3) is 0 Å². The second kappa shape index (κ2) is 9.42. The number of hydrogen-bond donors (Lipinski definition) is 3. The number of anilines is 1. The van der Waals surface area contributed by atoms with Gasteiger partial charge in [-0.1, -0.05) is 12.1 Å². The van der Waals surface area contributed by atoms with Gasteiger partial charge in [-0.25, -0.2) is 0 Å². The predicted octanol–water partition coefficient (Wildman–Crippen LogP) is 3.03. The zero-order chi connectivity index (χ0) is 18.1. The highest BCUT2D eigenvalue weighted by Crippen LogP contribution is 2.29. The van der Waals surface area contributed by atoms with Crippen LogP contribution in [0, 0.1) is 0 Å². The number of rotatable bonds is 7. The van der Waals surface area contributed by atoms with Crippen LogP contribution in [0.15, 0.2) is 47.5 Å². The van der Waals surface area contributed by atoms with Gasteiger partial charge in [0.1, 0.15) is 5.75 Å². The Morgan fingerprint density at radius 1 is 1.04 bits per heavy atom. The minimum Gasteiger partial charge on any atom is -0.508 e. The van der Waals surface area contributed by atoms with Crippen molar-refractivity contribution in [3.05, 3.63) is 48.0 Å². The van der Waals surface area contributed by atoms with Gasteiger partial charge < -0.3 is 25.2 Å². The molecule has 6 nitrogen and oxygen atoms in total. The molecule has 0 aliphatic heterocycles. The van der Waals surface area contributed by atoms with Crippen molar-refractivity contribution in [2.24, 2.45) is 4.99 Å². The zero-order valence-corrected chi connectivity index (χ0v) is 14.9. The number of aryl methyl sites for hydroxylation is 1. The molecule has 25 heavy (non-hydrogen) atoms. The van der Waals surface area contributed by atoms with Crippen LogP contribution < -0.4 is 20.1 Å². The Labute approximate surface area is 148 Å². The Balaban J connectivity index is 1.83. The number of phenolic OH excluding ortho intramolecular Hbond substituents is 1. The van der Waals surface area contributed by atoms with E-state index in [4.69, 9.17) is 9.47 Å². The van der Waals surface area contributed by atoms with Crippen molar-refractivity contribution >= 4 is 11.6 Å². The highest BCUT2D eigenvalue weighted by Gasteiger charge is 2.06. The topological polar surface area (TPSA) is 75.1 Å². The normalized spacial score (nSPS) is 11.1. The van der Waals surface area contributed by atoms with E-state index >= 15 is 0 Å². The summed E-state index contributed by atoms with van der Waals surface area (Å²) in [6.07, 6.45) is 1.89. The fourth-order valence-corrected chi connectivity index (χ4v) is 2.39. The molecule has 0 fully saturated rings. The largest absolute Gasteiger partial charge is 0.508 e. The number of nitrogens with zero attached hydrogens (tertiary/aromatic N) is 1. The van der Waals surface area contributed by atoms with Crippen molar-refractivity contribution in [3.8, 4) is 17.2 Å². The number of hydrogen-bond acceptors (Lipinski definition) is 4. The molecule has 0 aromatic heterocycles. The highest BCUT2D eigenvalue weighted by molar-refractivity contribution is 5.93. The molecule has 0 amide bonds. The second-order valence-corrected chi connectivity index (χ2v) is 5.46. The van der Waals surface area contributed by atoms with Crippen LogP contribution in [-0.4, -0.2) is 38.9 Å². The molecule has 0 spiro atoms. The molecular weight excluding hydrogens is 318 g/mol. The first-order chi connectivity index (χ1) is 12.2. The van der Waals surface area contributed by atoms with Gasteiger partial charge in [-0.15, -0.1) is 0 Å². The van der Waals surface area contributed by atoms with E-state index < -0.39 is 0 Å². The van der Waals surface area contributed by atoms with Crippen LogP contribution in [0.3, 0.4) is 0 Å². The van der Waals surface area contributed by atoms with Crippen molar-refractivity contribution in [2.45, 2.75) is 12.8 Å². The first-order valence-corrected chi connectivity index (χ1v) is 8.14. The smallest absolute Gasteiger partial charge is 0.195 e. The fraction of sp³-hybridized carbons (Fsp3) is 0.316. The van der Waals surface area contributed by atoms with Crippen molar-refractivity contribution in [3.63, 3.8) is 0 Å². The van der Waals surface area contributed by atoms with E-state index in [1.807, 2.05) is 30.3 Å². The van der Waals surface area contributed by atoms with Crippen molar-refractivity contribution in [2.75, 3.05) is 33.1 Å². The Kier molecular flexibility index (Phi) is 6.95. The quantitative estimate of drug-likeness (QED) is 0.409. The van der Waals surface area contributed by atoms with Crippen molar-refractivity contribution in [1.82, 2.24) is 5.32 Å². The van der Waals surface area contributed by atoms with Gasteiger partial charge in [0.15, 0.2) is 17.5 Å². The SMILES string of the molecule is CN=C(NCCCc1ccc(O)cc1)Nc1ccc(OC)c(OC)c1. The third-order valence-electron chi connectivity index (χ3n) is 3.74. The minimum atomic E-state index is 0.293. The first-order valence-electron chi connectivity index (χ1n) is 8.14. The van der Waals surface area contributed by atoms with E-state index in [2.05, 4.69) is 15.6 Å². The van der Waals surface area contributed by atoms with Gasteiger partial charge in [-0.05, 0) is 42.7 Å². The molecule has 0 bridgehead atoms. The summed E-state index contributed by atoms with van der Waals surface area (Å²) in [4.78, 5) is 4.23. The Morgan fingerprint density at radius 3 is 2.40 bits per heavy atom. The molecule has 2 aromatic carbocycles. The van der Waals surface area contributed by atoms with E-state index in [1.54, 1.807) is 33.4 Å². The molecule has 0 radical (unpaired) electrons. The summed E-state index contributed by atoms with van der Waals surface area (Å²) in [6.45, 7) is 0.786. The Morgan fingerprint density at radius 2 is 1.76 bits per heavy atom.